The monoisotopic (exact) mass is 338 g/mol. The minimum absolute atomic E-state index is 0.0273. The highest BCUT2D eigenvalue weighted by molar-refractivity contribution is 5.95. The maximum Gasteiger partial charge on any atom is 0.334 e. The standard InChI is InChI=1S/C17H22O7/c1-3-15(18)21-6-7-22-16(19)13-5-4-11(2)8-14(13)17(20)24-10-12-9-23-12/h3,8,11-13H,1,4-7,9-10H2,2H3. The highest BCUT2D eigenvalue weighted by atomic mass is 16.6. The molecule has 24 heavy (non-hydrogen) atoms. The zero-order valence-corrected chi connectivity index (χ0v) is 13.7. The molecule has 3 atom stereocenters. The van der Waals surface area contributed by atoms with Gasteiger partial charge in [0.25, 0.3) is 0 Å². The Kier molecular flexibility index (Phi) is 6.54. The number of esters is 3. The Morgan fingerprint density at radius 2 is 1.96 bits per heavy atom. The molecule has 0 aromatic rings. The van der Waals surface area contributed by atoms with Crippen LogP contribution in [0.15, 0.2) is 24.3 Å². The fourth-order valence-electron chi connectivity index (χ4n) is 2.41. The van der Waals surface area contributed by atoms with Crippen LogP contribution in [-0.2, 0) is 33.3 Å². The molecule has 132 valence electrons. The lowest BCUT2D eigenvalue weighted by Gasteiger charge is -2.24. The smallest absolute Gasteiger partial charge is 0.334 e. The van der Waals surface area contributed by atoms with Gasteiger partial charge in [-0.2, -0.15) is 0 Å². The summed E-state index contributed by atoms with van der Waals surface area (Å²) in [7, 11) is 0. The first kappa shape index (κ1) is 18.2. The van der Waals surface area contributed by atoms with E-state index in [9.17, 15) is 14.4 Å². The van der Waals surface area contributed by atoms with E-state index in [0.29, 0.717) is 18.6 Å². The molecule has 1 aliphatic carbocycles. The van der Waals surface area contributed by atoms with Crippen molar-refractivity contribution < 1.29 is 33.3 Å². The maximum absolute atomic E-state index is 12.2. The number of hydrogen-bond donors (Lipinski definition) is 0. The summed E-state index contributed by atoms with van der Waals surface area (Å²) in [5.74, 6) is -2.05. The number of carbonyl (C=O) groups excluding carboxylic acids is 3. The third-order valence-corrected chi connectivity index (χ3v) is 3.81. The van der Waals surface area contributed by atoms with Crippen molar-refractivity contribution in [3.8, 4) is 0 Å². The second-order valence-corrected chi connectivity index (χ2v) is 5.82. The van der Waals surface area contributed by atoms with Gasteiger partial charge in [0.15, 0.2) is 0 Å². The minimum Gasteiger partial charge on any atom is -0.462 e. The van der Waals surface area contributed by atoms with Gasteiger partial charge in [-0.05, 0) is 18.8 Å². The number of allylic oxidation sites excluding steroid dienone is 1. The first-order valence-electron chi connectivity index (χ1n) is 7.97. The van der Waals surface area contributed by atoms with Crippen LogP contribution < -0.4 is 0 Å². The summed E-state index contributed by atoms with van der Waals surface area (Å²) in [6.07, 6.45) is 4.08. The highest BCUT2D eigenvalue weighted by Crippen LogP contribution is 2.30. The average molecular weight is 338 g/mol. The molecule has 0 bridgehead atoms. The van der Waals surface area contributed by atoms with Crippen LogP contribution in [0.1, 0.15) is 19.8 Å². The minimum atomic E-state index is -0.649. The Morgan fingerprint density at radius 3 is 2.62 bits per heavy atom. The number of carbonyl (C=O) groups is 3. The summed E-state index contributed by atoms with van der Waals surface area (Å²) in [6.45, 7) is 5.92. The van der Waals surface area contributed by atoms with Crippen LogP contribution in [0.5, 0.6) is 0 Å². The third-order valence-electron chi connectivity index (χ3n) is 3.81. The topological polar surface area (TPSA) is 91.4 Å². The van der Waals surface area contributed by atoms with Gasteiger partial charge in [-0.25, -0.2) is 9.59 Å². The summed E-state index contributed by atoms with van der Waals surface area (Å²) >= 11 is 0. The Labute approximate surface area is 140 Å². The van der Waals surface area contributed by atoms with E-state index in [1.807, 2.05) is 6.92 Å². The molecule has 2 aliphatic rings. The van der Waals surface area contributed by atoms with Gasteiger partial charge in [0.1, 0.15) is 25.9 Å². The Morgan fingerprint density at radius 1 is 1.25 bits per heavy atom. The summed E-state index contributed by atoms with van der Waals surface area (Å²) in [5.41, 5.74) is 0.336. The normalized spacial score (nSPS) is 25.2. The molecule has 1 fully saturated rings. The van der Waals surface area contributed by atoms with Crippen molar-refractivity contribution in [3.63, 3.8) is 0 Å². The predicted molar refractivity (Wildman–Crippen MR) is 82.8 cm³/mol. The Bertz CT molecular complexity index is 533. The molecule has 0 spiro atoms. The van der Waals surface area contributed by atoms with Gasteiger partial charge in [0.2, 0.25) is 0 Å². The third kappa shape index (κ3) is 5.49. The molecule has 0 radical (unpaired) electrons. The van der Waals surface area contributed by atoms with Gasteiger partial charge in [-0.1, -0.05) is 19.6 Å². The Hall–Kier alpha value is -2.15. The average Bonchev–Trinajstić information content (AvgIpc) is 3.40. The fourth-order valence-corrected chi connectivity index (χ4v) is 2.41. The van der Waals surface area contributed by atoms with Crippen LogP contribution in [0, 0.1) is 11.8 Å². The predicted octanol–water partition coefficient (Wildman–Crippen LogP) is 1.17. The molecule has 1 saturated heterocycles. The van der Waals surface area contributed by atoms with E-state index >= 15 is 0 Å². The molecular weight excluding hydrogens is 316 g/mol. The lowest BCUT2D eigenvalue weighted by Crippen LogP contribution is -2.30. The molecule has 1 aliphatic heterocycles. The van der Waals surface area contributed by atoms with Crippen molar-refractivity contribution in [3.05, 3.63) is 24.3 Å². The van der Waals surface area contributed by atoms with Crippen LogP contribution in [0.3, 0.4) is 0 Å². The zero-order chi connectivity index (χ0) is 17.5. The van der Waals surface area contributed by atoms with E-state index in [4.69, 9.17) is 18.9 Å². The molecule has 0 aromatic heterocycles. The van der Waals surface area contributed by atoms with Gasteiger partial charge in [0, 0.05) is 11.6 Å². The molecule has 0 N–H and O–H groups in total. The van der Waals surface area contributed by atoms with Crippen molar-refractivity contribution >= 4 is 17.9 Å². The molecule has 3 unspecified atom stereocenters. The van der Waals surface area contributed by atoms with E-state index in [1.165, 1.54) is 0 Å². The molecule has 1 heterocycles. The molecule has 7 nitrogen and oxygen atoms in total. The SMILES string of the molecule is C=CC(=O)OCCOC(=O)C1CCC(C)C=C1C(=O)OCC1CO1. The van der Waals surface area contributed by atoms with E-state index in [0.717, 1.165) is 12.5 Å². The zero-order valence-electron chi connectivity index (χ0n) is 13.7. The van der Waals surface area contributed by atoms with Crippen LogP contribution in [0.25, 0.3) is 0 Å². The number of rotatable bonds is 8. The first-order chi connectivity index (χ1) is 11.5. The molecule has 0 amide bonds. The summed E-state index contributed by atoms with van der Waals surface area (Å²) in [4.78, 5) is 35.3. The summed E-state index contributed by atoms with van der Waals surface area (Å²) in [5, 5.41) is 0. The van der Waals surface area contributed by atoms with Gasteiger partial charge in [-0.3, -0.25) is 4.79 Å². The lowest BCUT2D eigenvalue weighted by molar-refractivity contribution is -0.154. The molecule has 7 heteroatoms. The van der Waals surface area contributed by atoms with Gasteiger partial charge < -0.3 is 18.9 Å². The maximum atomic E-state index is 12.2. The van der Waals surface area contributed by atoms with Crippen molar-refractivity contribution in [1.82, 2.24) is 0 Å². The number of hydrogen-bond acceptors (Lipinski definition) is 7. The summed E-state index contributed by atoms with van der Waals surface area (Å²) in [6, 6.07) is 0. The van der Waals surface area contributed by atoms with Crippen molar-refractivity contribution in [2.45, 2.75) is 25.9 Å². The van der Waals surface area contributed by atoms with Crippen LogP contribution >= 0.6 is 0 Å². The van der Waals surface area contributed by atoms with E-state index in [1.54, 1.807) is 6.08 Å². The Balaban J connectivity index is 1.86. The van der Waals surface area contributed by atoms with Gasteiger partial charge in [-0.15, -0.1) is 0 Å². The van der Waals surface area contributed by atoms with E-state index in [-0.39, 0.29) is 31.8 Å². The highest BCUT2D eigenvalue weighted by Gasteiger charge is 2.34. The van der Waals surface area contributed by atoms with Crippen LogP contribution in [0.2, 0.25) is 0 Å². The molecular formula is C17H22O7. The summed E-state index contributed by atoms with van der Waals surface area (Å²) < 4.78 is 20.0. The number of epoxide rings is 1. The van der Waals surface area contributed by atoms with E-state index in [2.05, 4.69) is 6.58 Å². The fraction of sp³-hybridized carbons (Fsp3) is 0.588. The van der Waals surface area contributed by atoms with Crippen molar-refractivity contribution in [1.29, 1.82) is 0 Å². The van der Waals surface area contributed by atoms with Crippen molar-refractivity contribution in [2.75, 3.05) is 26.4 Å². The second-order valence-electron chi connectivity index (χ2n) is 5.82. The first-order valence-corrected chi connectivity index (χ1v) is 7.97. The quantitative estimate of drug-likeness (QED) is 0.216. The molecule has 2 rings (SSSR count). The van der Waals surface area contributed by atoms with E-state index < -0.39 is 23.8 Å². The van der Waals surface area contributed by atoms with Crippen LogP contribution in [-0.4, -0.2) is 50.4 Å². The molecule has 0 saturated carbocycles. The largest absolute Gasteiger partial charge is 0.462 e. The van der Waals surface area contributed by atoms with Crippen LogP contribution in [0.4, 0.5) is 0 Å². The second kappa shape index (κ2) is 8.63. The van der Waals surface area contributed by atoms with Crippen molar-refractivity contribution in [2.24, 2.45) is 11.8 Å². The lowest BCUT2D eigenvalue weighted by atomic mass is 9.83. The van der Waals surface area contributed by atoms with Gasteiger partial charge >= 0.3 is 17.9 Å². The van der Waals surface area contributed by atoms with Gasteiger partial charge in [0.05, 0.1) is 12.5 Å². The molecule has 0 aromatic carbocycles. The number of ether oxygens (including phenoxy) is 4.